The van der Waals surface area contributed by atoms with Gasteiger partial charge in [-0.2, -0.15) is 0 Å². The quantitative estimate of drug-likeness (QED) is 0.694. The molecular weight excluding hydrogens is 274 g/mol. The van der Waals surface area contributed by atoms with Crippen LogP contribution < -0.4 is 5.32 Å². The first-order chi connectivity index (χ1) is 9.97. The Morgan fingerprint density at radius 3 is 2.00 bits per heavy atom. The minimum atomic E-state index is -0.538. The zero-order chi connectivity index (χ0) is 15.7. The van der Waals surface area contributed by atoms with Gasteiger partial charge in [0.25, 0.3) is 23.6 Å². The van der Waals surface area contributed by atoms with Crippen molar-refractivity contribution >= 4 is 23.6 Å². The van der Waals surface area contributed by atoms with Crippen LogP contribution in [-0.4, -0.2) is 53.1 Å². The highest BCUT2D eigenvalue weighted by Gasteiger charge is 2.44. The van der Waals surface area contributed by atoms with E-state index in [2.05, 4.69) is 5.32 Å². The summed E-state index contributed by atoms with van der Waals surface area (Å²) in [5, 5.41) is 2.83. The molecule has 0 atom stereocenters. The van der Waals surface area contributed by atoms with Gasteiger partial charge in [-0.15, -0.1) is 0 Å². The number of carbonyl (C=O) groups is 4. The molecule has 0 aromatic rings. The van der Waals surface area contributed by atoms with Crippen LogP contribution in [-0.2, 0) is 19.2 Å². The van der Waals surface area contributed by atoms with E-state index in [1.54, 1.807) is 20.8 Å². The second-order valence-electron chi connectivity index (χ2n) is 4.58. The summed E-state index contributed by atoms with van der Waals surface area (Å²) in [5.74, 6) is -2.00. The van der Waals surface area contributed by atoms with Gasteiger partial charge in [-0.3, -0.25) is 29.0 Å². The molecule has 21 heavy (non-hydrogen) atoms. The van der Waals surface area contributed by atoms with Crippen molar-refractivity contribution in [3.05, 3.63) is 22.9 Å². The Balaban J connectivity index is 2.51. The van der Waals surface area contributed by atoms with Gasteiger partial charge in [0.2, 0.25) is 0 Å². The molecule has 0 unspecified atom stereocenters. The molecule has 0 fully saturated rings. The van der Waals surface area contributed by atoms with Gasteiger partial charge < -0.3 is 5.32 Å². The van der Waals surface area contributed by atoms with E-state index in [0.717, 1.165) is 15.9 Å². The normalized spacial score (nSPS) is 19.1. The van der Waals surface area contributed by atoms with Gasteiger partial charge in [0, 0.05) is 25.7 Å². The molecular formula is C14H17N3O4. The molecule has 0 aliphatic carbocycles. The van der Waals surface area contributed by atoms with Crippen LogP contribution in [0.1, 0.15) is 20.8 Å². The minimum absolute atomic E-state index is 0.00185. The van der Waals surface area contributed by atoms with E-state index in [9.17, 15) is 19.2 Å². The largest absolute Gasteiger partial charge is 0.380 e. The molecule has 0 spiro atoms. The third-order valence-electron chi connectivity index (χ3n) is 3.43. The van der Waals surface area contributed by atoms with Crippen molar-refractivity contribution in [2.75, 3.05) is 19.6 Å². The van der Waals surface area contributed by atoms with E-state index in [1.165, 1.54) is 0 Å². The average molecular weight is 291 g/mol. The molecule has 2 heterocycles. The highest BCUT2D eigenvalue weighted by Crippen LogP contribution is 2.29. The van der Waals surface area contributed by atoms with Crippen molar-refractivity contribution in [2.45, 2.75) is 20.8 Å². The Morgan fingerprint density at radius 2 is 1.52 bits per heavy atom. The fourth-order valence-corrected chi connectivity index (χ4v) is 2.44. The summed E-state index contributed by atoms with van der Waals surface area (Å²) >= 11 is 0. The van der Waals surface area contributed by atoms with Crippen LogP contribution >= 0.6 is 0 Å². The summed E-state index contributed by atoms with van der Waals surface area (Å²) in [4.78, 5) is 50.6. The van der Waals surface area contributed by atoms with E-state index in [0.29, 0.717) is 6.54 Å². The van der Waals surface area contributed by atoms with E-state index in [-0.39, 0.29) is 29.9 Å². The zero-order valence-electron chi connectivity index (χ0n) is 12.2. The van der Waals surface area contributed by atoms with Gasteiger partial charge in [0.1, 0.15) is 5.70 Å². The maximum absolute atomic E-state index is 12.4. The molecule has 4 amide bonds. The van der Waals surface area contributed by atoms with Crippen molar-refractivity contribution in [1.29, 1.82) is 0 Å². The summed E-state index contributed by atoms with van der Waals surface area (Å²) in [6, 6.07) is 0. The van der Waals surface area contributed by atoms with Crippen LogP contribution in [0.5, 0.6) is 0 Å². The highest BCUT2D eigenvalue weighted by molar-refractivity contribution is 6.29. The fourth-order valence-electron chi connectivity index (χ4n) is 2.44. The third kappa shape index (κ3) is 2.14. The Labute approximate surface area is 122 Å². The van der Waals surface area contributed by atoms with Crippen LogP contribution in [0.4, 0.5) is 0 Å². The van der Waals surface area contributed by atoms with Crippen LogP contribution in [0.2, 0.25) is 0 Å². The Bertz CT molecular complexity index is 603. The second-order valence-corrected chi connectivity index (χ2v) is 4.58. The number of nitrogens with one attached hydrogen (secondary N) is 1. The van der Waals surface area contributed by atoms with Gasteiger partial charge in [0.05, 0.1) is 11.1 Å². The lowest BCUT2D eigenvalue weighted by Gasteiger charge is -2.12. The Hall–Kier alpha value is -2.44. The number of rotatable bonds is 5. The summed E-state index contributed by atoms with van der Waals surface area (Å²) in [6.07, 6.45) is 1.13. The topological polar surface area (TPSA) is 86.8 Å². The summed E-state index contributed by atoms with van der Waals surface area (Å²) in [7, 11) is 0. The number of amides is 4. The molecule has 0 bridgehead atoms. The van der Waals surface area contributed by atoms with Gasteiger partial charge in [-0.1, -0.05) is 0 Å². The monoisotopic (exact) mass is 291 g/mol. The van der Waals surface area contributed by atoms with Crippen LogP contribution in [0, 0.1) is 0 Å². The average Bonchev–Trinajstić information content (AvgIpc) is 2.85. The van der Waals surface area contributed by atoms with Crippen molar-refractivity contribution in [3.63, 3.8) is 0 Å². The summed E-state index contributed by atoms with van der Waals surface area (Å²) in [6.45, 7) is 6.00. The highest BCUT2D eigenvalue weighted by atomic mass is 16.2. The van der Waals surface area contributed by atoms with Crippen molar-refractivity contribution in [1.82, 2.24) is 15.1 Å². The molecule has 7 heteroatoms. The number of nitrogens with zero attached hydrogens (tertiary/aromatic N) is 2. The lowest BCUT2D eigenvalue weighted by Crippen LogP contribution is -2.34. The van der Waals surface area contributed by atoms with Gasteiger partial charge in [0.15, 0.2) is 0 Å². The molecule has 2 aliphatic rings. The number of likely N-dealkylation sites (N-methyl/N-ethyl adjacent to an activating group) is 3. The predicted octanol–water partition coefficient (Wildman–Crippen LogP) is -0.446. The minimum Gasteiger partial charge on any atom is -0.380 e. The summed E-state index contributed by atoms with van der Waals surface area (Å²) in [5.41, 5.74) is 0.0832. The van der Waals surface area contributed by atoms with E-state index >= 15 is 0 Å². The first kappa shape index (κ1) is 15.0. The molecule has 2 aliphatic heterocycles. The zero-order valence-corrected chi connectivity index (χ0v) is 12.2. The van der Waals surface area contributed by atoms with Crippen LogP contribution in [0.3, 0.4) is 0 Å². The fraction of sp³-hybridized carbons (Fsp3) is 0.429. The second kappa shape index (κ2) is 5.51. The Kier molecular flexibility index (Phi) is 3.93. The van der Waals surface area contributed by atoms with Crippen molar-refractivity contribution < 1.29 is 19.2 Å². The number of carbonyl (C=O) groups excluding carboxylic acids is 4. The molecule has 0 saturated carbocycles. The van der Waals surface area contributed by atoms with Gasteiger partial charge in [-0.05, 0) is 20.8 Å². The molecule has 112 valence electrons. The number of imide groups is 2. The number of hydrogen-bond acceptors (Lipinski definition) is 5. The van der Waals surface area contributed by atoms with Crippen LogP contribution in [0.25, 0.3) is 0 Å². The van der Waals surface area contributed by atoms with E-state index in [1.807, 2.05) is 0 Å². The SMILES string of the molecule is CCNC1=C(C2=CC(=O)N(CC)C2=O)C(=O)N(CC)C1=O. The first-order valence-corrected chi connectivity index (χ1v) is 6.90. The maximum Gasteiger partial charge on any atom is 0.277 e. The molecule has 1 N–H and O–H groups in total. The molecule has 0 aromatic carbocycles. The Morgan fingerprint density at radius 1 is 0.905 bits per heavy atom. The van der Waals surface area contributed by atoms with E-state index in [4.69, 9.17) is 0 Å². The lowest BCUT2D eigenvalue weighted by molar-refractivity contribution is -0.139. The molecule has 2 rings (SSSR count). The lowest BCUT2D eigenvalue weighted by atomic mass is 10.1. The predicted molar refractivity (Wildman–Crippen MR) is 73.6 cm³/mol. The van der Waals surface area contributed by atoms with Crippen LogP contribution in [0.15, 0.2) is 22.9 Å². The van der Waals surface area contributed by atoms with E-state index < -0.39 is 23.6 Å². The van der Waals surface area contributed by atoms with Crippen molar-refractivity contribution in [3.8, 4) is 0 Å². The molecule has 0 saturated heterocycles. The van der Waals surface area contributed by atoms with Gasteiger partial charge in [-0.25, -0.2) is 0 Å². The van der Waals surface area contributed by atoms with Gasteiger partial charge >= 0.3 is 0 Å². The standard InChI is InChI=1S/C14H17N3O4/c1-4-15-11-10(13(20)17(6-3)14(11)21)8-7-9(18)16(5-2)12(8)19/h7,15H,4-6H2,1-3H3. The first-order valence-electron chi connectivity index (χ1n) is 6.90. The molecule has 7 nitrogen and oxygen atoms in total. The summed E-state index contributed by atoms with van der Waals surface area (Å²) < 4.78 is 0. The maximum atomic E-state index is 12.4. The molecule has 0 radical (unpaired) electrons. The molecule has 0 aromatic heterocycles. The third-order valence-corrected chi connectivity index (χ3v) is 3.43. The van der Waals surface area contributed by atoms with Crippen molar-refractivity contribution in [2.24, 2.45) is 0 Å². The number of hydrogen-bond donors (Lipinski definition) is 1. The smallest absolute Gasteiger partial charge is 0.277 e.